The molecular weight excluding hydrogens is 258 g/mol. The molecule has 0 amide bonds. The van der Waals surface area contributed by atoms with Gasteiger partial charge in [-0.25, -0.2) is 14.8 Å². The first-order chi connectivity index (χ1) is 9.66. The number of imidazole rings is 1. The molecule has 0 saturated carbocycles. The summed E-state index contributed by atoms with van der Waals surface area (Å²) in [5, 5.41) is 11.9. The van der Waals surface area contributed by atoms with Crippen LogP contribution in [0.5, 0.6) is 0 Å². The van der Waals surface area contributed by atoms with E-state index in [1.807, 2.05) is 10.8 Å². The van der Waals surface area contributed by atoms with Gasteiger partial charge in [-0.1, -0.05) is 0 Å². The first kappa shape index (κ1) is 13.9. The number of nitrogen functional groups attached to an aromatic ring is 1. The van der Waals surface area contributed by atoms with Crippen LogP contribution >= 0.6 is 0 Å². The summed E-state index contributed by atoms with van der Waals surface area (Å²) in [4.78, 5) is 18.8. The second kappa shape index (κ2) is 6.55. The summed E-state index contributed by atoms with van der Waals surface area (Å²) in [6, 6.07) is 2.94. The van der Waals surface area contributed by atoms with Crippen LogP contribution in [0, 0.1) is 0 Å². The van der Waals surface area contributed by atoms with E-state index in [9.17, 15) is 4.79 Å². The summed E-state index contributed by atoms with van der Waals surface area (Å²) in [5.74, 6) is -0.638. The maximum atomic E-state index is 10.8. The molecule has 0 aliphatic heterocycles. The molecule has 0 radical (unpaired) electrons. The van der Waals surface area contributed by atoms with Crippen LogP contribution in [0.25, 0.3) is 0 Å². The number of aromatic carboxylic acids is 1. The standard InChI is InChI=1S/C13H17N5O2/c14-10-3-4-11(13(19)20)17-12(10)16-5-1-2-7-18-8-6-15-9-18/h3-4,6,8-9H,1-2,5,7,14H2,(H,16,17)(H,19,20). The monoisotopic (exact) mass is 275 g/mol. The fourth-order valence-corrected chi connectivity index (χ4v) is 1.78. The van der Waals surface area contributed by atoms with Gasteiger partial charge in [-0.2, -0.15) is 0 Å². The van der Waals surface area contributed by atoms with Gasteiger partial charge in [0.2, 0.25) is 0 Å². The van der Waals surface area contributed by atoms with E-state index in [0.29, 0.717) is 18.1 Å². The van der Waals surface area contributed by atoms with Crippen LogP contribution in [0.3, 0.4) is 0 Å². The van der Waals surface area contributed by atoms with Crippen molar-refractivity contribution in [2.24, 2.45) is 0 Å². The molecule has 0 aliphatic rings. The third-order valence-corrected chi connectivity index (χ3v) is 2.84. The summed E-state index contributed by atoms with van der Waals surface area (Å²) in [6.45, 7) is 1.59. The Balaban J connectivity index is 1.78. The van der Waals surface area contributed by atoms with Gasteiger partial charge in [0.05, 0.1) is 12.0 Å². The number of carbonyl (C=O) groups is 1. The topological polar surface area (TPSA) is 106 Å². The average molecular weight is 275 g/mol. The number of aromatic nitrogens is 3. The van der Waals surface area contributed by atoms with Crippen LogP contribution in [-0.4, -0.2) is 32.2 Å². The van der Waals surface area contributed by atoms with Crippen molar-refractivity contribution in [2.45, 2.75) is 19.4 Å². The van der Waals surface area contributed by atoms with Crippen molar-refractivity contribution in [1.82, 2.24) is 14.5 Å². The molecule has 20 heavy (non-hydrogen) atoms. The van der Waals surface area contributed by atoms with E-state index >= 15 is 0 Å². The van der Waals surface area contributed by atoms with Gasteiger partial charge in [-0.3, -0.25) is 0 Å². The van der Waals surface area contributed by atoms with Gasteiger partial charge in [0.25, 0.3) is 0 Å². The Morgan fingerprint density at radius 1 is 1.40 bits per heavy atom. The van der Waals surface area contributed by atoms with Crippen LogP contribution < -0.4 is 11.1 Å². The number of nitrogens with two attached hydrogens (primary N) is 1. The van der Waals surface area contributed by atoms with Crippen molar-refractivity contribution in [3.8, 4) is 0 Å². The van der Waals surface area contributed by atoms with Crippen LogP contribution in [0.1, 0.15) is 23.3 Å². The highest BCUT2D eigenvalue weighted by Gasteiger charge is 2.07. The van der Waals surface area contributed by atoms with Gasteiger partial charge < -0.3 is 20.7 Å². The molecule has 2 heterocycles. The molecule has 106 valence electrons. The third kappa shape index (κ3) is 3.71. The summed E-state index contributed by atoms with van der Waals surface area (Å²) in [5.41, 5.74) is 6.19. The minimum Gasteiger partial charge on any atom is -0.477 e. The smallest absolute Gasteiger partial charge is 0.354 e. The summed E-state index contributed by atoms with van der Waals surface area (Å²) in [7, 11) is 0. The lowest BCUT2D eigenvalue weighted by atomic mass is 10.3. The normalized spacial score (nSPS) is 10.4. The third-order valence-electron chi connectivity index (χ3n) is 2.84. The highest BCUT2D eigenvalue weighted by atomic mass is 16.4. The number of hydrogen-bond donors (Lipinski definition) is 3. The van der Waals surface area contributed by atoms with Crippen LogP contribution in [0.15, 0.2) is 30.9 Å². The first-order valence-corrected chi connectivity index (χ1v) is 6.36. The molecule has 0 aliphatic carbocycles. The number of hydrogen-bond acceptors (Lipinski definition) is 5. The maximum Gasteiger partial charge on any atom is 0.354 e. The molecule has 7 heteroatoms. The highest BCUT2D eigenvalue weighted by molar-refractivity contribution is 5.86. The molecule has 0 aromatic carbocycles. The van der Waals surface area contributed by atoms with Crippen LogP contribution in [-0.2, 0) is 6.54 Å². The first-order valence-electron chi connectivity index (χ1n) is 6.36. The lowest BCUT2D eigenvalue weighted by Crippen LogP contribution is -2.10. The minimum atomic E-state index is -1.06. The van der Waals surface area contributed by atoms with Gasteiger partial charge in [0, 0.05) is 25.5 Å². The predicted octanol–water partition coefficient (Wildman–Crippen LogP) is 1.45. The molecule has 0 unspecified atom stereocenters. The van der Waals surface area contributed by atoms with Gasteiger partial charge in [0.15, 0.2) is 5.69 Å². The Labute approximate surface area is 116 Å². The molecule has 0 spiro atoms. The van der Waals surface area contributed by atoms with Gasteiger partial charge in [-0.15, -0.1) is 0 Å². The molecule has 2 aromatic heterocycles. The van der Waals surface area contributed by atoms with E-state index in [2.05, 4.69) is 15.3 Å². The number of pyridine rings is 1. The lowest BCUT2D eigenvalue weighted by molar-refractivity contribution is 0.0690. The van der Waals surface area contributed by atoms with E-state index in [1.165, 1.54) is 6.07 Å². The van der Waals surface area contributed by atoms with E-state index in [0.717, 1.165) is 19.4 Å². The largest absolute Gasteiger partial charge is 0.477 e. The van der Waals surface area contributed by atoms with Crippen LogP contribution in [0.4, 0.5) is 11.5 Å². The number of unbranched alkanes of at least 4 members (excludes halogenated alkanes) is 1. The SMILES string of the molecule is Nc1ccc(C(=O)O)nc1NCCCCn1ccnc1. The second-order valence-corrected chi connectivity index (χ2v) is 4.37. The molecule has 0 atom stereocenters. The maximum absolute atomic E-state index is 10.8. The number of carboxylic acids is 1. The number of anilines is 2. The molecule has 2 rings (SSSR count). The number of nitrogens with one attached hydrogen (secondary N) is 1. The Morgan fingerprint density at radius 2 is 2.25 bits per heavy atom. The van der Waals surface area contributed by atoms with Crippen molar-refractivity contribution in [3.05, 3.63) is 36.5 Å². The Morgan fingerprint density at radius 3 is 2.95 bits per heavy atom. The Hall–Kier alpha value is -2.57. The predicted molar refractivity (Wildman–Crippen MR) is 75.6 cm³/mol. The van der Waals surface area contributed by atoms with Crippen molar-refractivity contribution in [2.75, 3.05) is 17.6 Å². The van der Waals surface area contributed by atoms with Gasteiger partial charge >= 0.3 is 5.97 Å². The highest BCUT2D eigenvalue weighted by Crippen LogP contribution is 2.15. The lowest BCUT2D eigenvalue weighted by Gasteiger charge is -2.09. The molecule has 0 saturated heterocycles. The molecule has 2 aromatic rings. The van der Waals surface area contributed by atoms with Crippen molar-refractivity contribution >= 4 is 17.5 Å². The zero-order chi connectivity index (χ0) is 14.4. The second-order valence-electron chi connectivity index (χ2n) is 4.37. The molecular formula is C13H17N5O2. The Bertz CT molecular complexity index is 568. The fraction of sp³-hybridized carbons (Fsp3) is 0.308. The molecule has 7 nitrogen and oxygen atoms in total. The summed E-state index contributed by atoms with van der Waals surface area (Å²) < 4.78 is 2.01. The van der Waals surface area contributed by atoms with Crippen LogP contribution in [0.2, 0.25) is 0 Å². The van der Waals surface area contributed by atoms with E-state index in [-0.39, 0.29) is 5.69 Å². The molecule has 4 N–H and O–H groups in total. The molecule has 0 bridgehead atoms. The number of nitrogens with zero attached hydrogens (tertiary/aromatic N) is 3. The quantitative estimate of drug-likeness (QED) is 0.660. The number of aryl methyl sites for hydroxylation is 1. The van der Waals surface area contributed by atoms with E-state index < -0.39 is 5.97 Å². The molecule has 0 fully saturated rings. The van der Waals surface area contributed by atoms with Gasteiger partial charge in [0.1, 0.15) is 5.82 Å². The van der Waals surface area contributed by atoms with Crippen molar-refractivity contribution < 1.29 is 9.90 Å². The van der Waals surface area contributed by atoms with Crippen molar-refractivity contribution in [3.63, 3.8) is 0 Å². The fourth-order valence-electron chi connectivity index (χ4n) is 1.78. The average Bonchev–Trinajstić information content (AvgIpc) is 2.93. The zero-order valence-electron chi connectivity index (χ0n) is 11.0. The summed E-state index contributed by atoms with van der Waals surface area (Å²) >= 11 is 0. The zero-order valence-corrected chi connectivity index (χ0v) is 11.0. The van der Waals surface area contributed by atoms with E-state index in [4.69, 9.17) is 10.8 Å². The minimum absolute atomic E-state index is 0.0138. The van der Waals surface area contributed by atoms with Gasteiger partial charge in [-0.05, 0) is 25.0 Å². The van der Waals surface area contributed by atoms with E-state index in [1.54, 1.807) is 18.6 Å². The number of rotatable bonds is 7. The Kier molecular flexibility index (Phi) is 4.54. The van der Waals surface area contributed by atoms with Crippen molar-refractivity contribution in [1.29, 1.82) is 0 Å². The number of carboxylic acid groups (broad SMARTS) is 1. The summed E-state index contributed by atoms with van der Waals surface area (Å²) in [6.07, 6.45) is 7.37.